The van der Waals surface area contributed by atoms with Gasteiger partial charge in [-0.05, 0) is 38.1 Å². The molecule has 0 saturated carbocycles. The Labute approximate surface area is 145 Å². The van der Waals surface area contributed by atoms with Crippen LogP contribution in [-0.4, -0.2) is 36.6 Å². The van der Waals surface area contributed by atoms with Gasteiger partial charge in [-0.25, -0.2) is 9.37 Å². The van der Waals surface area contributed by atoms with E-state index >= 15 is 0 Å². The number of hydrogen-bond acceptors (Lipinski definition) is 5. The minimum absolute atomic E-state index is 0.145. The Hall–Kier alpha value is -2.96. The molecule has 0 N–H and O–H groups in total. The van der Waals surface area contributed by atoms with Gasteiger partial charge >= 0.3 is 5.97 Å². The number of benzene rings is 1. The molecule has 132 valence electrons. The van der Waals surface area contributed by atoms with E-state index in [9.17, 15) is 14.0 Å². The summed E-state index contributed by atoms with van der Waals surface area (Å²) in [4.78, 5) is 29.2. The molecular weight excluding hydrogens is 327 g/mol. The van der Waals surface area contributed by atoms with Crippen molar-refractivity contribution in [2.45, 2.75) is 13.8 Å². The summed E-state index contributed by atoms with van der Waals surface area (Å²) in [5.74, 6) is -0.942. The first-order valence-corrected chi connectivity index (χ1v) is 7.76. The highest BCUT2D eigenvalue weighted by Gasteiger charge is 2.21. The van der Waals surface area contributed by atoms with E-state index in [0.29, 0.717) is 5.75 Å². The molecule has 1 amide bonds. The number of aromatic nitrogens is 1. The van der Waals surface area contributed by atoms with Crippen LogP contribution < -0.4 is 9.64 Å². The Kier molecular flexibility index (Phi) is 6.45. The summed E-state index contributed by atoms with van der Waals surface area (Å²) in [6, 6.07) is 9.69. The fourth-order valence-electron chi connectivity index (χ4n) is 2.02. The molecule has 1 heterocycles. The Balaban J connectivity index is 2.09. The van der Waals surface area contributed by atoms with Gasteiger partial charge in [0.2, 0.25) is 0 Å². The minimum atomic E-state index is -0.586. The van der Waals surface area contributed by atoms with Crippen molar-refractivity contribution in [1.82, 2.24) is 4.98 Å². The van der Waals surface area contributed by atoms with Crippen molar-refractivity contribution in [3.8, 4) is 5.75 Å². The second kappa shape index (κ2) is 8.77. The lowest BCUT2D eigenvalue weighted by atomic mass is 10.2. The zero-order valence-electron chi connectivity index (χ0n) is 14.1. The van der Waals surface area contributed by atoms with Crippen molar-refractivity contribution in [1.29, 1.82) is 0 Å². The van der Waals surface area contributed by atoms with E-state index in [1.807, 2.05) is 19.1 Å². The summed E-state index contributed by atoms with van der Waals surface area (Å²) in [6.07, 6.45) is 0.974. The molecule has 0 bridgehead atoms. The van der Waals surface area contributed by atoms with Crippen molar-refractivity contribution in [2.24, 2.45) is 0 Å². The largest absolute Gasteiger partial charge is 0.484 e. The third kappa shape index (κ3) is 5.56. The fraction of sp³-hybridized carbons (Fsp3) is 0.278. The van der Waals surface area contributed by atoms with Gasteiger partial charge in [0.05, 0.1) is 12.8 Å². The highest BCUT2D eigenvalue weighted by atomic mass is 19.1. The summed E-state index contributed by atoms with van der Waals surface area (Å²) in [7, 11) is 0. The molecule has 25 heavy (non-hydrogen) atoms. The summed E-state index contributed by atoms with van der Waals surface area (Å²) in [5, 5.41) is 0. The van der Waals surface area contributed by atoms with Crippen LogP contribution in [0.15, 0.2) is 42.6 Å². The molecule has 0 spiro atoms. The van der Waals surface area contributed by atoms with E-state index in [0.717, 1.165) is 22.7 Å². The number of pyridine rings is 1. The lowest BCUT2D eigenvalue weighted by Crippen LogP contribution is -2.40. The van der Waals surface area contributed by atoms with Crippen LogP contribution in [0.2, 0.25) is 0 Å². The number of carbonyl (C=O) groups excluding carboxylic acids is 2. The zero-order valence-corrected chi connectivity index (χ0v) is 14.1. The minimum Gasteiger partial charge on any atom is -0.484 e. The highest BCUT2D eigenvalue weighted by Crippen LogP contribution is 2.14. The number of amides is 1. The lowest BCUT2D eigenvalue weighted by molar-refractivity contribution is -0.142. The summed E-state index contributed by atoms with van der Waals surface area (Å²) >= 11 is 0. The van der Waals surface area contributed by atoms with Crippen molar-refractivity contribution in [3.05, 3.63) is 54.0 Å². The molecule has 0 saturated heterocycles. The van der Waals surface area contributed by atoms with Crippen LogP contribution in [0.1, 0.15) is 12.5 Å². The first-order chi connectivity index (χ1) is 12.0. The Morgan fingerprint density at radius 2 is 1.88 bits per heavy atom. The number of aryl methyl sites for hydroxylation is 1. The topological polar surface area (TPSA) is 68.7 Å². The number of esters is 1. The average molecular weight is 346 g/mol. The molecule has 0 aliphatic carbocycles. The molecule has 1 aromatic heterocycles. The SMILES string of the molecule is CCOC(=O)CN(C(=O)COc1ccc(C)cc1)c1ccc(F)cn1. The summed E-state index contributed by atoms with van der Waals surface area (Å²) in [6.45, 7) is 3.18. The number of carbonyl (C=O) groups is 2. The maximum Gasteiger partial charge on any atom is 0.326 e. The van der Waals surface area contributed by atoms with E-state index in [1.165, 1.54) is 6.07 Å². The zero-order chi connectivity index (χ0) is 18.2. The lowest BCUT2D eigenvalue weighted by Gasteiger charge is -2.21. The van der Waals surface area contributed by atoms with E-state index in [2.05, 4.69) is 4.98 Å². The number of rotatable bonds is 7. The summed E-state index contributed by atoms with van der Waals surface area (Å²) in [5.41, 5.74) is 1.07. The molecule has 0 fully saturated rings. The molecule has 7 heteroatoms. The van der Waals surface area contributed by atoms with Crippen LogP contribution >= 0.6 is 0 Å². The highest BCUT2D eigenvalue weighted by molar-refractivity contribution is 5.97. The molecule has 6 nitrogen and oxygen atoms in total. The van der Waals surface area contributed by atoms with Gasteiger partial charge in [0.1, 0.15) is 23.9 Å². The van der Waals surface area contributed by atoms with Crippen LogP contribution in [0.3, 0.4) is 0 Å². The van der Waals surface area contributed by atoms with E-state index in [1.54, 1.807) is 19.1 Å². The second-order valence-electron chi connectivity index (χ2n) is 5.22. The third-order valence-corrected chi connectivity index (χ3v) is 3.27. The van der Waals surface area contributed by atoms with Gasteiger partial charge in [-0.1, -0.05) is 17.7 Å². The van der Waals surface area contributed by atoms with Gasteiger partial charge in [-0.3, -0.25) is 14.5 Å². The average Bonchev–Trinajstić information content (AvgIpc) is 2.60. The normalized spacial score (nSPS) is 10.2. The maximum absolute atomic E-state index is 13.1. The van der Waals surface area contributed by atoms with E-state index in [4.69, 9.17) is 9.47 Å². The molecule has 0 atom stereocenters. The molecular formula is C18H19FN2O4. The van der Waals surface area contributed by atoms with Gasteiger partial charge in [0.25, 0.3) is 5.91 Å². The quantitative estimate of drug-likeness (QED) is 0.721. The molecule has 0 aliphatic heterocycles. The number of nitrogens with zero attached hydrogens (tertiary/aromatic N) is 2. The van der Waals surface area contributed by atoms with Crippen molar-refractivity contribution in [3.63, 3.8) is 0 Å². The molecule has 0 unspecified atom stereocenters. The number of hydrogen-bond donors (Lipinski definition) is 0. The first kappa shape index (κ1) is 18.4. The number of ether oxygens (including phenoxy) is 2. The molecule has 2 rings (SSSR count). The molecule has 0 aliphatic rings. The molecule has 1 aromatic carbocycles. The van der Waals surface area contributed by atoms with Gasteiger partial charge < -0.3 is 9.47 Å². The number of halogens is 1. The predicted molar refractivity (Wildman–Crippen MR) is 89.9 cm³/mol. The van der Waals surface area contributed by atoms with Crippen molar-refractivity contribution < 1.29 is 23.5 Å². The first-order valence-electron chi connectivity index (χ1n) is 7.76. The van der Waals surface area contributed by atoms with Crippen LogP contribution in [0.25, 0.3) is 0 Å². The van der Waals surface area contributed by atoms with Gasteiger partial charge in [-0.15, -0.1) is 0 Å². The standard InChI is InChI=1S/C18H19FN2O4/c1-3-24-18(23)11-21(16-9-6-14(19)10-20-16)17(22)12-25-15-7-4-13(2)5-8-15/h4-10H,3,11-12H2,1-2H3. The van der Waals surface area contributed by atoms with Gasteiger partial charge in [0, 0.05) is 0 Å². The van der Waals surface area contributed by atoms with Crippen LogP contribution in [0, 0.1) is 12.7 Å². The smallest absolute Gasteiger partial charge is 0.326 e. The predicted octanol–water partition coefficient (Wildman–Crippen LogP) is 2.50. The van der Waals surface area contributed by atoms with E-state index < -0.39 is 17.7 Å². The number of anilines is 1. The van der Waals surface area contributed by atoms with E-state index in [-0.39, 0.29) is 25.6 Å². The maximum atomic E-state index is 13.1. The van der Waals surface area contributed by atoms with Crippen LogP contribution in [0.4, 0.5) is 10.2 Å². The third-order valence-electron chi connectivity index (χ3n) is 3.27. The van der Waals surface area contributed by atoms with Crippen molar-refractivity contribution in [2.75, 3.05) is 24.7 Å². The van der Waals surface area contributed by atoms with Gasteiger partial charge in [0.15, 0.2) is 6.61 Å². The molecule has 2 aromatic rings. The molecule has 0 radical (unpaired) electrons. The van der Waals surface area contributed by atoms with Crippen LogP contribution in [0.5, 0.6) is 5.75 Å². The van der Waals surface area contributed by atoms with Gasteiger partial charge in [-0.2, -0.15) is 0 Å². The fourth-order valence-corrected chi connectivity index (χ4v) is 2.02. The van der Waals surface area contributed by atoms with Crippen molar-refractivity contribution >= 4 is 17.7 Å². The monoisotopic (exact) mass is 346 g/mol. The Morgan fingerprint density at radius 3 is 2.48 bits per heavy atom. The van der Waals surface area contributed by atoms with Crippen LogP contribution in [-0.2, 0) is 14.3 Å². The Bertz CT molecular complexity index is 717. The second-order valence-corrected chi connectivity index (χ2v) is 5.22. The Morgan fingerprint density at radius 1 is 1.16 bits per heavy atom. The summed E-state index contributed by atoms with van der Waals surface area (Å²) < 4.78 is 23.4.